The van der Waals surface area contributed by atoms with E-state index in [9.17, 15) is 0 Å². The third-order valence-corrected chi connectivity index (χ3v) is 4.55. The first-order chi connectivity index (χ1) is 10.2. The van der Waals surface area contributed by atoms with Crippen molar-refractivity contribution in [3.8, 4) is 0 Å². The zero-order valence-corrected chi connectivity index (χ0v) is 13.2. The van der Waals surface area contributed by atoms with Crippen molar-refractivity contribution in [1.29, 1.82) is 0 Å². The number of nitrogens with one attached hydrogen (secondary N) is 1. The van der Waals surface area contributed by atoms with E-state index in [1.54, 1.807) is 11.3 Å². The van der Waals surface area contributed by atoms with Crippen molar-refractivity contribution in [3.63, 3.8) is 0 Å². The predicted molar refractivity (Wildman–Crippen MR) is 88.7 cm³/mol. The van der Waals surface area contributed by atoms with Crippen LogP contribution in [0.3, 0.4) is 0 Å². The van der Waals surface area contributed by atoms with Gasteiger partial charge in [0.15, 0.2) is 0 Å². The van der Waals surface area contributed by atoms with E-state index in [-0.39, 0.29) is 0 Å². The Labute approximate surface area is 129 Å². The summed E-state index contributed by atoms with van der Waals surface area (Å²) in [4.78, 5) is 8.89. The van der Waals surface area contributed by atoms with Gasteiger partial charge in [-0.2, -0.15) is 0 Å². The Morgan fingerprint density at radius 2 is 2.14 bits per heavy atom. The van der Waals surface area contributed by atoms with Gasteiger partial charge in [-0.25, -0.2) is 4.98 Å². The van der Waals surface area contributed by atoms with Crippen molar-refractivity contribution in [3.05, 3.63) is 58.2 Å². The van der Waals surface area contributed by atoms with E-state index in [4.69, 9.17) is 0 Å². The van der Waals surface area contributed by atoms with Crippen molar-refractivity contribution in [1.82, 2.24) is 15.3 Å². The van der Waals surface area contributed by atoms with E-state index >= 15 is 0 Å². The Hall–Kier alpha value is -1.78. The van der Waals surface area contributed by atoms with Gasteiger partial charge < -0.3 is 5.32 Å². The Kier molecular flexibility index (Phi) is 4.27. The van der Waals surface area contributed by atoms with Gasteiger partial charge in [0.05, 0.1) is 10.5 Å². The summed E-state index contributed by atoms with van der Waals surface area (Å²) in [6.45, 7) is 6.05. The molecule has 3 nitrogen and oxygen atoms in total. The van der Waals surface area contributed by atoms with Crippen LogP contribution in [0.4, 0.5) is 0 Å². The minimum atomic E-state index is 0.453. The fourth-order valence-electron chi connectivity index (χ4n) is 2.39. The van der Waals surface area contributed by atoms with Gasteiger partial charge in [-0.1, -0.05) is 19.1 Å². The lowest BCUT2D eigenvalue weighted by atomic mass is 10.1. The second kappa shape index (κ2) is 6.33. The summed E-state index contributed by atoms with van der Waals surface area (Å²) in [5.41, 5.74) is 3.42. The van der Waals surface area contributed by atoms with Crippen LogP contribution >= 0.6 is 11.3 Å². The van der Waals surface area contributed by atoms with Crippen molar-refractivity contribution < 1.29 is 0 Å². The number of pyridine rings is 1. The number of benzene rings is 1. The van der Waals surface area contributed by atoms with Crippen LogP contribution in [0.5, 0.6) is 0 Å². The molecule has 1 atom stereocenters. The highest BCUT2D eigenvalue weighted by Crippen LogP contribution is 2.17. The molecule has 0 aliphatic heterocycles. The summed E-state index contributed by atoms with van der Waals surface area (Å²) in [6.07, 6.45) is 1.87. The summed E-state index contributed by atoms with van der Waals surface area (Å²) in [5.74, 6) is 0.453. The highest BCUT2D eigenvalue weighted by atomic mass is 32.1. The lowest BCUT2D eigenvalue weighted by Gasteiger charge is -2.10. The predicted octanol–water partition coefficient (Wildman–Crippen LogP) is 3.89. The summed E-state index contributed by atoms with van der Waals surface area (Å²) in [5, 5.41) is 7.94. The molecule has 2 aromatic heterocycles. The standard InChI is InChI=1S/C17H19N3S/c1-12(17-19-7-8-21-17)10-18-11-14-4-6-16-15(9-14)5-3-13(2)20-16/h3-9,12,18H,10-11H2,1-2H3. The van der Waals surface area contributed by atoms with Crippen LogP contribution in [0.25, 0.3) is 10.9 Å². The van der Waals surface area contributed by atoms with E-state index in [2.05, 4.69) is 52.5 Å². The largest absolute Gasteiger partial charge is 0.312 e. The maximum absolute atomic E-state index is 4.53. The van der Waals surface area contributed by atoms with E-state index in [0.29, 0.717) is 5.92 Å². The second-order valence-corrected chi connectivity index (χ2v) is 6.31. The van der Waals surface area contributed by atoms with E-state index in [1.807, 2.05) is 18.5 Å². The van der Waals surface area contributed by atoms with Crippen LogP contribution in [-0.2, 0) is 6.54 Å². The normalized spacial score (nSPS) is 12.7. The first-order valence-corrected chi connectivity index (χ1v) is 8.07. The molecule has 1 unspecified atom stereocenters. The summed E-state index contributed by atoms with van der Waals surface area (Å²) >= 11 is 1.72. The van der Waals surface area contributed by atoms with Crippen LogP contribution in [-0.4, -0.2) is 16.5 Å². The SMILES string of the molecule is Cc1ccc2cc(CNCC(C)c3nccs3)ccc2n1. The molecular formula is C17H19N3S. The number of rotatable bonds is 5. The van der Waals surface area contributed by atoms with Crippen molar-refractivity contribution >= 4 is 22.2 Å². The number of nitrogens with zero attached hydrogens (tertiary/aromatic N) is 2. The summed E-state index contributed by atoms with van der Waals surface area (Å²) in [6, 6.07) is 10.7. The topological polar surface area (TPSA) is 37.8 Å². The molecule has 0 amide bonds. The zero-order chi connectivity index (χ0) is 14.7. The van der Waals surface area contributed by atoms with Crippen molar-refractivity contribution in [2.75, 3.05) is 6.54 Å². The third-order valence-electron chi connectivity index (χ3n) is 3.55. The van der Waals surface area contributed by atoms with Gasteiger partial charge in [-0.15, -0.1) is 11.3 Å². The number of fused-ring (bicyclic) bond motifs is 1. The number of hydrogen-bond acceptors (Lipinski definition) is 4. The molecule has 0 fully saturated rings. The van der Waals surface area contributed by atoms with Crippen molar-refractivity contribution in [2.24, 2.45) is 0 Å². The van der Waals surface area contributed by atoms with Crippen LogP contribution in [0, 0.1) is 6.92 Å². The van der Waals surface area contributed by atoms with E-state index < -0.39 is 0 Å². The molecule has 0 radical (unpaired) electrons. The molecule has 0 aliphatic carbocycles. The van der Waals surface area contributed by atoms with Gasteiger partial charge in [-0.05, 0) is 30.7 Å². The molecule has 0 bridgehead atoms. The summed E-state index contributed by atoms with van der Waals surface area (Å²) < 4.78 is 0. The molecule has 3 aromatic rings. The Morgan fingerprint density at radius 1 is 1.24 bits per heavy atom. The molecule has 0 spiro atoms. The number of aromatic nitrogens is 2. The molecule has 1 N–H and O–H groups in total. The highest BCUT2D eigenvalue weighted by Gasteiger charge is 2.07. The maximum atomic E-state index is 4.53. The third kappa shape index (κ3) is 3.46. The lowest BCUT2D eigenvalue weighted by molar-refractivity contribution is 0.613. The Morgan fingerprint density at radius 3 is 2.95 bits per heavy atom. The molecule has 2 heterocycles. The quantitative estimate of drug-likeness (QED) is 0.776. The molecule has 108 valence electrons. The van der Waals surface area contributed by atoms with Gasteiger partial charge in [-0.3, -0.25) is 4.98 Å². The van der Waals surface area contributed by atoms with E-state index in [0.717, 1.165) is 24.3 Å². The van der Waals surface area contributed by atoms with Gasteiger partial charge in [0, 0.05) is 41.7 Å². The van der Waals surface area contributed by atoms with Gasteiger partial charge >= 0.3 is 0 Å². The van der Waals surface area contributed by atoms with Crippen LogP contribution in [0.1, 0.15) is 29.1 Å². The van der Waals surface area contributed by atoms with Gasteiger partial charge in [0.2, 0.25) is 0 Å². The first-order valence-electron chi connectivity index (χ1n) is 7.19. The average Bonchev–Trinajstić information content (AvgIpc) is 3.01. The Balaban J connectivity index is 1.61. The average molecular weight is 297 g/mol. The van der Waals surface area contributed by atoms with E-state index in [1.165, 1.54) is 16.0 Å². The molecule has 4 heteroatoms. The zero-order valence-electron chi connectivity index (χ0n) is 12.3. The first kappa shape index (κ1) is 14.2. The highest BCUT2D eigenvalue weighted by molar-refractivity contribution is 7.09. The molecular weight excluding hydrogens is 278 g/mol. The van der Waals surface area contributed by atoms with Gasteiger partial charge in [0.25, 0.3) is 0 Å². The van der Waals surface area contributed by atoms with Crippen molar-refractivity contribution in [2.45, 2.75) is 26.3 Å². The number of aryl methyl sites for hydroxylation is 1. The Bertz CT molecular complexity index is 722. The molecule has 0 saturated heterocycles. The minimum absolute atomic E-state index is 0.453. The smallest absolute Gasteiger partial charge is 0.0965 e. The second-order valence-electron chi connectivity index (χ2n) is 5.38. The minimum Gasteiger partial charge on any atom is -0.312 e. The monoisotopic (exact) mass is 297 g/mol. The molecule has 1 aromatic carbocycles. The fourth-order valence-corrected chi connectivity index (χ4v) is 3.08. The fraction of sp³-hybridized carbons (Fsp3) is 0.294. The lowest BCUT2D eigenvalue weighted by Crippen LogP contribution is -2.19. The molecule has 0 aliphatic rings. The molecule has 21 heavy (non-hydrogen) atoms. The van der Waals surface area contributed by atoms with Crippen LogP contribution in [0.2, 0.25) is 0 Å². The van der Waals surface area contributed by atoms with Gasteiger partial charge in [0.1, 0.15) is 0 Å². The maximum Gasteiger partial charge on any atom is 0.0965 e. The number of thiazole rings is 1. The number of hydrogen-bond donors (Lipinski definition) is 1. The van der Waals surface area contributed by atoms with Crippen LogP contribution < -0.4 is 5.32 Å². The van der Waals surface area contributed by atoms with Crippen LogP contribution in [0.15, 0.2) is 41.9 Å². The molecule has 3 rings (SSSR count). The molecule has 0 saturated carbocycles. The summed E-state index contributed by atoms with van der Waals surface area (Å²) in [7, 11) is 0.